The maximum Gasteiger partial charge on any atom is 0.125 e. The highest BCUT2D eigenvalue weighted by molar-refractivity contribution is 5.47. The summed E-state index contributed by atoms with van der Waals surface area (Å²) in [4.78, 5) is 2.25. The average molecular weight is 266 g/mol. The Balaban J connectivity index is 1.93. The largest absolute Gasteiger partial charge is 0.383 e. The van der Waals surface area contributed by atoms with Crippen molar-refractivity contribution < 1.29 is 9.13 Å². The molecule has 0 radical (unpaired) electrons. The lowest BCUT2D eigenvalue weighted by atomic mass is 10.0. The first kappa shape index (κ1) is 14.3. The molecule has 0 bridgehead atoms. The summed E-state index contributed by atoms with van der Waals surface area (Å²) in [7, 11) is 1.72. The van der Waals surface area contributed by atoms with Crippen LogP contribution in [0.15, 0.2) is 24.3 Å². The quantitative estimate of drug-likeness (QED) is 0.886. The van der Waals surface area contributed by atoms with E-state index in [0.717, 1.165) is 31.8 Å². The van der Waals surface area contributed by atoms with Crippen LogP contribution < -0.4 is 10.2 Å². The van der Waals surface area contributed by atoms with E-state index in [9.17, 15) is 4.39 Å². The van der Waals surface area contributed by atoms with Crippen molar-refractivity contribution in [2.45, 2.75) is 31.8 Å². The molecule has 4 heteroatoms. The minimum absolute atomic E-state index is 0.166. The van der Waals surface area contributed by atoms with Crippen LogP contribution in [0.5, 0.6) is 0 Å². The summed E-state index contributed by atoms with van der Waals surface area (Å²) < 4.78 is 18.4. The fourth-order valence-electron chi connectivity index (χ4n) is 2.72. The standard InChI is InChI=1S/C15H23FN2O/c1-12(11-19-2)17-14-6-4-8-18(10-14)15-7-3-5-13(16)9-15/h3,5,7,9,12,14,17H,4,6,8,10-11H2,1-2H3. The Labute approximate surface area is 114 Å². The number of halogens is 1. The smallest absolute Gasteiger partial charge is 0.125 e. The highest BCUT2D eigenvalue weighted by Gasteiger charge is 2.21. The van der Waals surface area contributed by atoms with Gasteiger partial charge >= 0.3 is 0 Å². The monoisotopic (exact) mass is 266 g/mol. The first-order chi connectivity index (χ1) is 9.19. The summed E-state index contributed by atoms with van der Waals surface area (Å²) in [6.45, 7) is 4.78. The van der Waals surface area contributed by atoms with Crippen molar-refractivity contribution in [2.24, 2.45) is 0 Å². The van der Waals surface area contributed by atoms with E-state index in [0.29, 0.717) is 12.1 Å². The lowest BCUT2D eigenvalue weighted by molar-refractivity contribution is 0.164. The molecule has 1 aromatic rings. The number of methoxy groups -OCH3 is 1. The van der Waals surface area contributed by atoms with Crippen LogP contribution in [0.4, 0.5) is 10.1 Å². The van der Waals surface area contributed by atoms with Gasteiger partial charge in [0.2, 0.25) is 0 Å². The molecule has 0 aromatic heterocycles. The van der Waals surface area contributed by atoms with E-state index >= 15 is 0 Å². The van der Waals surface area contributed by atoms with Crippen LogP contribution in [-0.2, 0) is 4.74 Å². The van der Waals surface area contributed by atoms with Gasteiger partial charge in [-0.15, -0.1) is 0 Å². The molecule has 3 nitrogen and oxygen atoms in total. The summed E-state index contributed by atoms with van der Waals surface area (Å²) in [5.74, 6) is -0.166. The van der Waals surface area contributed by atoms with Crippen LogP contribution in [0.25, 0.3) is 0 Å². The second kappa shape index (κ2) is 6.87. The maximum atomic E-state index is 13.3. The van der Waals surface area contributed by atoms with Gasteiger partial charge in [-0.05, 0) is 38.0 Å². The number of anilines is 1. The van der Waals surface area contributed by atoms with Crippen LogP contribution in [0, 0.1) is 5.82 Å². The molecular formula is C15H23FN2O. The van der Waals surface area contributed by atoms with Crippen LogP contribution >= 0.6 is 0 Å². The lowest BCUT2D eigenvalue weighted by Crippen LogP contribution is -2.49. The van der Waals surface area contributed by atoms with Crippen molar-refractivity contribution in [3.05, 3.63) is 30.1 Å². The van der Waals surface area contributed by atoms with Crippen molar-refractivity contribution in [3.8, 4) is 0 Å². The van der Waals surface area contributed by atoms with Gasteiger partial charge in [-0.1, -0.05) is 6.07 Å². The SMILES string of the molecule is COCC(C)NC1CCCN(c2cccc(F)c2)C1. The van der Waals surface area contributed by atoms with Crippen LogP contribution in [0.1, 0.15) is 19.8 Å². The van der Waals surface area contributed by atoms with E-state index in [-0.39, 0.29) is 5.82 Å². The minimum atomic E-state index is -0.166. The lowest BCUT2D eigenvalue weighted by Gasteiger charge is -2.36. The number of piperidine rings is 1. The van der Waals surface area contributed by atoms with Crippen LogP contribution in [0.2, 0.25) is 0 Å². The molecule has 106 valence electrons. The summed E-state index contributed by atoms with van der Waals surface area (Å²) >= 11 is 0. The molecule has 0 aliphatic carbocycles. The molecule has 2 rings (SSSR count). The van der Waals surface area contributed by atoms with Gasteiger partial charge < -0.3 is 15.0 Å². The molecule has 2 atom stereocenters. The summed E-state index contributed by atoms with van der Waals surface area (Å²) in [5, 5.41) is 3.57. The first-order valence-electron chi connectivity index (χ1n) is 6.94. The van der Waals surface area contributed by atoms with E-state index < -0.39 is 0 Å². The Bertz CT molecular complexity index is 399. The Morgan fingerprint density at radius 3 is 3.11 bits per heavy atom. The van der Waals surface area contributed by atoms with Gasteiger partial charge in [0.25, 0.3) is 0 Å². The predicted molar refractivity (Wildman–Crippen MR) is 76.1 cm³/mol. The zero-order valence-electron chi connectivity index (χ0n) is 11.7. The van der Waals surface area contributed by atoms with Gasteiger partial charge in [-0.2, -0.15) is 0 Å². The number of benzene rings is 1. The van der Waals surface area contributed by atoms with Crippen LogP contribution in [0.3, 0.4) is 0 Å². The van der Waals surface area contributed by atoms with Gasteiger partial charge in [0.05, 0.1) is 6.61 Å². The normalized spacial score (nSPS) is 21.4. The van der Waals surface area contributed by atoms with Gasteiger partial charge in [0.1, 0.15) is 5.82 Å². The second-order valence-electron chi connectivity index (χ2n) is 5.29. The maximum absolute atomic E-state index is 13.3. The molecule has 1 fully saturated rings. The van der Waals surface area contributed by atoms with E-state index in [1.54, 1.807) is 19.2 Å². The molecule has 1 aliphatic heterocycles. The Kier molecular flexibility index (Phi) is 5.16. The molecule has 0 spiro atoms. The molecule has 1 N–H and O–H groups in total. The van der Waals surface area contributed by atoms with E-state index in [1.165, 1.54) is 12.5 Å². The molecule has 0 amide bonds. The Morgan fingerprint density at radius 2 is 2.37 bits per heavy atom. The van der Waals surface area contributed by atoms with Crippen LogP contribution in [-0.4, -0.2) is 38.9 Å². The molecule has 19 heavy (non-hydrogen) atoms. The Morgan fingerprint density at radius 1 is 1.53 bits per heavy atom. The number of hydrogen-bond acceptors (Lipinski definition) is 3. The molecule has 0 saturated carbocycles. The molecule has 2 unspecified atom stereocenters. The van der Waals surface area contributed by atoms with Gasteiger partial charge in [-0.25, -0.2) is 4.39 Å². The first-order valence-corrected chi connectivity index (χ1v) is 6.94. The third kappa shape index (κ3) is 4.18. The van der Waals surface area contributed by atoms with E-state index in [2.05, 4.69) is 17.1 Å². The zero-order valence-corrected chi connectivity index (χ0v) is 11.7. The van der Waals surface area contributed by atoms with E-state index in [1.807, 2.05) is 6.07 Å². The average Bonchev–Trinajstić information content (AvgIpc) is 2.39. The van der Waals surface area contributed by atoms with Crippen molar-refractivity contribution in [1.82, 2.24) is 5.32 Å². The second-order valence-corrected chi connectivity index (χ2v) is 5.29. The minimum Gasteiger partial charge on any atom is -0.383 e. The zero-order chi connectivity index (χ0) is 13.7. The molecule has 1 aromatic carbocycles. The van der Waals surface area contributed by atoms with E-state index in [4.69, 9.17) is 4.74 Å². The molecule has 1 saturated heterocycles. The van der Waals surface area contributed by atoms with Crippen molar-refractivity contribution in [2.75, 3.05) is 31.7 Å². The fraction of sp³-hybridized carbons (Fsp3) is 0.600. The summed E-state index contributed by atoms with van der Waals surface area (Å²) in [6.07, 6.45) is 2.30. The highest BCUT2D eigenvalue weighted by Crippen LogP contribution is 2.20. The number of nitrogens with one attached hydrogen (secondary N) is 1. The Hall–Kier alpha value is -1.13. The van der Waals surface area contributed by atoms with Crippen molar-refractivity contribution >= 4 is 5.69 Å². The molecule has 1 heterocycles. The molecule has 1 aliphatic rings. The molecular weight excluding hydrogens is 243 g/mol. The summed E-state index contributed by atoms with van der Waals surface area (Å²) in [5.41, 5.74) is 0.978. The van der Waals surface area contributed by atoms with Gasteiger partial charge in [-0.3, -0.25) is 0 Å². The third-order valence-corrected chi connectivity index (χ3v) is 3.53. The topological polar surface area (TPSA) is 24.5 Å². The number of hydrogen-bond donors (Lipinski definition) is 1. The number of nitrogens with zero attached hydrogens (tertiary/aromatic N) is 1. The third-order valence-electron chi connectivity index (χ3n) is 3.53. The van der Waals surface area contributed by atoms with Crippen molar-refractivity contribution in [3.63, 3.8) is 0 Å². The van der Waals surface area contributed by atoms with Gasteiger partial charge in [0, 0.05) is 38.0 Å². The van der Waals surface area contributed by atoms with Gasteiger partial charge in [0.15, 0.2) is 0 Å². The fourth-order valence-corrected chi connectivity index (χ4v) is 2.72. The predicted octanol–water partition coefficient (Wildman–Crippen LogP) is 2.42. The number of rotatable bonds is 5. The number of ether oxygens (including phenoxy) is 1. The highest BCUT2D eigenvalue weighted by atomic mass is 19.1. The summed E-state index contributed by atoms with van der Waals surface area (Å²) in [6, 6.07) is 7.65. The van der Waals surface area contributed by atoms with Crippen molar-refractivity contribution in [1.29, 1.82) is 0 Å².